The van der Waals surface area contributed by atoms with Gasteiger partial charge in [-0.2, -0.15) is 0 Å². The molecule has 1 saturated heterocycles. The summed E-state index contributed by atoms with van der Waals surface area (Å²) in [6, 6.07) is 15.8. The van der Waals surface area contributed by atoms with E-state index in [1.165, 1.54) is 0 Å². The van der Waals surface area contributed by atoms with Gasteiger partial charge in [0.2, 0.25) is 0 Å². The van der Waals surface area contributed by atoms with E-state index in [0.717, 1.165) is 53.8 Å². The van der Waals surface area contributed by atoms with Crippen molar-refractivity contribution in [3.63, 3.8) is 0 Å². The van der Waals surface area contributed by atoms with Gasteiger partial charge >= 0.3 is 0 Å². The van der Waals surface area contributed by atoms with Gasteiger partial charge in [0.05, 0.1) is 13.2 Å². The Morgan fingerprint density at radius 2 is 2.04 bits per heavy atom. The Morgan fingerprint density at radius 3 is 2.88 bits per heavy atom. The Bertz CT molecular complexity index is 943. The minimum atomic E-state index is 0.0817. The van der Waals surface area contributed by atoms with Gasteiger partial charge in [-0.1, -0.05) is 12.1 Å². The van der Waals surface area contributed by atoms with E-state index in [0.29, 0.717) is 5.56 Å². The number of furan rings is 1. The molecule has 2 aromatic carbocycles. The average molecular weight is 349 g/mol. The summed E-state index contributed by atoms with van der Waals surface area (Å²) >= 11 is 0. The molecule has 0 N–H and O–H groups in total. The van der Waals surface area contributed by atoms with Gasteiger partial charge < -0.3 is 14.1 Å². The summed E-state index contributed by atoms with van der Waals surface area (Å²) in [4.78, 5) is 15.3. The van der Waals surface area contributed by atoms with E-state index < -0.39 is 0 Å². The van der Waals surface area contributed by atoms with Crippen LogP contribution in [0.3, 0.4) is 0 Å². The molecule has 0 radical (unpaired) electrons. The number of aryl methyl sites for hydroxylation is 1. The van der Waals surface area contributed by atoms with Crippen molar-refractivity contribution in [2.45, 2.75) is 32.2 Å². The van der Waals surface area contributed by atoms with Gasteiger partial charge in [-0.15, -0.1) is 0 Å². The topological polar surface area (TPSA) is 42.7 Å². The number of carbonyl (C=O) groups is 1. The van der Waals surface area contributed by atoms with Crippen LogP contribution in [0.4, 0.5) is 0 Å². The van der Waals surface area contributed by atoms with Gasteiger partial charge in [-0.25, -0.2) is 0 Å². The Labute approximate surface area is 153 Å². The van der Waals surface area contributed by atoms with E-state index in [1.54, 1.807) is 7.11 Å². The lowest BCUT2D eigenvalue weighted by Crippen LogP contribution is -2.38. The lowest BCUT2D eigenvalue weighted by molar-refractivity contribution is 0.0611. The van der Waals surface area contributed by atoms with Crippen molar-refractivity contribution in [2.24, 2.45) is 0 Å². The molecule has 1 fully saturated rings. The van der Waals surface area contributed by atoms with Crippen molar-refractivity contribution in [1.82, 2.24) is 4.90 Å². The van der Waals surface area contributed by atoms with Crippen LogP contribution in [-0.4, -0.2) is 24.5 Å². The number of nitrogens with zero attached hydrogens (tertiary/aromatic N) is 1. The second kappa shape index (κ2) is 6.87. The van der Waals surface area contributed by atoms with Crippen LogP contribution < -0.4 is 4.74 Å². The summed E-state index contributed by atoms with van der Waals surface area (Å²) in [5.74, 6) is 1.77. The largest absolute Gasteiger partial charge is 0.497 e. The number of piperidine rings is 1. The second-order valence-corrected chi connectivity index (χ2v) is 6.90. The van der Waals surface area contributed by atoms with Crippen LogP contribution in [0.1, 0.15) is 47.0 Å². The molecule has 134 valence electrons. The highest BCUT2D eigenvalue weighted by Gasteiger charge is 2.29. The number of methoxy groups -OCH3 is 1. The van der Waals surface area contributed by atoms with Gasteiger partial charge in [0, 0.05) is 17.5 Å². The van der Waals surface area contributed by atoms with Crippen LogP contribution in [0.2, 0.25) is 0 Å². The van der Waals surface area contributed by atoms with E-state index in [-0.39, 0.29) is 11.9 Å². The van der Waals surface area contributed by atoms with Crippen LogP contribution in [0.25, 0.3) is 11.0 Å². The van der Waals surface area contributed by atoms with Crippen LogP contribution in [-0.2, 0) is 0 Å². The number of carbonyl (C=O) groups excluding carboxylic acids is 1. The zero-order valence-electron chi connectivity index (χ0n) is 15.2. The number of ether oxygens (including phenoxy) is 1. The lowest BCUT2D eigenvalue weighted by atomic mass is 9.94. The molecule has 1 aliphatic rings. The maximum Gasteiger partial charge on any atom is 0.254 e. The average Bonchev–Trinajstić information content (AvgIpc) is 3.06. The second-order valence-electron chi connectivity index (χ2n) is 6.90. The van der Waals surface area contributed by atoms with Gasteiger partial charge in [0.15, 0.2) is 0 Å². The van der Waals surface area contributed by atoms with E-state index in [9.17, 15) is 4.79 Å². The fraction of sp³-hybridized carbons (Fsp3) is 0.318. The number of amides is 1. The van der Waals surface area contributed by atoms with Crippen LogP contribution in [0.5, 0.6) is 5.75 Å². The van der Waals surface area contributed by atoms with E-state index >= 15 is 0 Å². The number of likely N-dealkylation sites (tertiary alicyclic amines) is 1. The van der Waals surface area contributed by atoms with E-state index in [2.05, 4.69) is 6.07 Å². The molecule has 1 aromatic heterocycles. The van der Waals surface area contributed by atoms with Gasteiger partial charge in [0.25, 0.3) is 5.91 Å². The first-order valence-corrected chi connectivity index (χ1v) is 9.11. The smallest absolute Gasteiger partial charge is 0.254 e. The molecule has 1 atom stereocenters. The maximum absolute atomic E-state index is 13.3. The zero-order valence-corrected chi connectivity index (χ0v) is 15.2. The van der Waals surface area contributed by atoms with E-state index in [4.69, 9.17) is 9.15 Å². The highest BCUT2D eigenvalue weighted by molar-refractivity contribution is 5.98. The molecule has 4 rings (SSSR count). The van der Waals surface area contributed by atoms with E-state index in [1.807, 2.05) is 54.3 Å². The van der Waals surface area contributed by atoms with Crippen LogP contribution in [0, 0.1) is 6.92 Å². The molecule has 3 aromatic rings. The monoisotopic (exact) mass is 349 g/mol. The fourth-order valence-corrected chi connectivity index (χ4v) is 3.84. The predicted octanol–water partition coefficient (Wildman–Crippen LogP) is 5.12. The highest BCUT2D eigenvalue weighted by atomic mass is 16.5. The van der Waals surface area contributed by atoms with Crippen molar-refractivity contribution in [3.05, 3.63) is 65.4 Å². The number of hydrogen-bond acceptors (Lipinski definition) is 3. The Morgan fingerprint density at radius 1 is 1.15 bits per heavy atom. The van der Waals surface area contributed by atoms with Crippen molar-refractivity contribution < 1.29 is 13.9 Å². The van der Waals surface area contributed by atoms with Crippen LogP contribution in [0.15, 0.2) is 52.9 Å². The molecule has 0 saturated carbocycles. The minimum absolute atomic E-state index is 0.0817. The quantitative estimate of drug-likeness (QED) is 0.659. The molecule has 26 heavy (non-hydrogen) atoms. The molecule has 4 heteroatoms. The first-order valence-electron chi connectivity index (χ1n) is 9.11. The van der Waals surface area contributed by atoms with Crippen molar-refractivity contribution >= 4 is 16.9 Å². The Kier molecular flexibility index (Phi) is 4.41. The molecule has 0 spiro atoms. The molecular weight excluding hydrogens is 326 g/mol. The van der Waals surface area contributed by atoms with Crippen molar-refractivity contribution in [3.8, 4) is 5.75 Å². The van der Waals surface area contributed by atoms with Crippen LogP contribution >= 0.6 is 0 Å². The summed E-state index contributed by atoms with van der Waals surface area (Å²) in [6.45, 7) is 2.70. The number of fused-ring (bicyclic) bond motifs is 1. The normalized spacial score (nSPS) is 17.5. The summed E-state index contributed by atoms with van der Waals surface area (Å²) in [5, 5.41) is 0.975. The third-order valence-electron chi connectivity index (χ3n) is 5.13. The zero-order chi connectivity index (χ0) is 18.1. The fourth-order valence-electron chi connectivity index (χ4n) is 3.84. The summed E-state index contributed by atoms with van der Waals surface area (Å²) in [7, 11) is 1.67. The maximum atomic E-state index is 13.3. The molecular formula is C22H23NO3. The first kappa shape index (κ1) is 16.7. The SMILES string of the molecule is COc1cccc(C2CCCCN2C(=O)c2ccc3oc(C)cc3c2)c1. The molecule has 0 bridgehead atoms. The number of rotatable bonds is 3. The Hall–Kier alpha value is -2.75. The standard InChI is InChI=1S/C22H23NO3/c1-15-12-18-13-17(9-10-21(18)26-15)22(24)23-11-4-3-8-20(23)16-6-5-7-19(14-16)25-2/h5-7,9-10,12-14,20H,3-4,8,11H2,1-2H3. The van der Waals surface area contributed by atoms with Gasteiger partial charge in [0.1, 0.15) is 17.1 Å². The molecule has 1 amide bonds. The summed E-state index contributed by atoms with van der Waals surface area (Å²) in [5.41, 5.74) is 2.67. The number of hydrogen-bond donors (Lipinski definition) is 0. The van der Waals surface area contributed by atoms with Crippen molar-refractivity contribution in [1.29, 1.82) is 0 Å². The molecule has 1 unspecified atom stereocenters. The predicted molar refractivity (Wildman–Crippen MR) is 102 cm³/mol. The first-order chi connectivity index (χ1) is 12.7. The minimum Gasteiger partial charge on any atom is -0.497 e. The molecule has 0 aliphatic carbocycles. The van der Waals surface area contributed by atoms with Gasteiger partial charge in [-0.3, -0.25) is 4.79 Å². The third kappa shape index (κ3) is 3.07. The third-order valence-corrected chi connectivity index (χ3v) is 5.13. The lowest BCUT2D eigenvalue weighted by Gasteiger charge is -2.36. The van der Waals surface area contributed by atoms with Gasteiger partial charge in [-0.05, 0) is 68.1 Å². The van der Waals surface area contributed by atoms with Crippen molar-refractivity contribution in [2.75, 3.05) is 13.7 Å². The Balaban J connectivity index is 1.66. The molecule has 1 aliphatic heterocycles. The highest BCUT2D eigenvalue weighted by Crippen LogP contribution is 2.34. The summed E-state index contributed by atoms with van der Waals surface area (Å²) < 4.78 is 11.0. The number of benzene rings is 2. The molecule has 2 heterocycles. The summed E-state index contributed by atoms with van der Waals surface area (Å²) in [6.07, 6.45) is 3.15. The molecule has 4 nitrogen and oxygen atoms in total.